The Morgan fingerprint density at radius 2 is 2.04 bits per heavy atom. The van der Waals surface area contributed by atoms with Crippen LogP contribution in [-0.2, 0) is 0 Å². The van der Waals surface area contributed by atoms with Gasteiger partial charge in [0.05, 0.1) is 7.11 Å². The number of aromatic hydroxyl groups is 1. The average Bonchev–Trinajstić information content (AvgIpc) is 2.84. The first-order valence-electron chi connectivity index (χ1n) is 7.88. The van der Waals surface area contributed by atoms with Crippen molar-refractivity contribution < 1.29 is 14.6 Å². The minimum atomic E-state index is -0.555. The maximum Gasteiger partial charge on any atom is 0.247 e. The van der Waals surface area contributed by atoms with Gasteiger partial charge < -0.3 is 19.9 Å². The SMILES string of the molecule is COc1ccc([C@H]2Nc3ccccc3-c3nnc(SC)nc3O2)cc1O. The number of anilines is 1. The van der Waals surface area contributed by atoms with Crippen LogP contribution in [0.1, 0.15) is 11.8 Å². The zero-order chi connectivity index (χ0) is 18.1. The molecule has 132 valence electrons. The molecule has 26 heavy (non-hydrogen) atoms. The quantitative estimate of drug-likeness (QED) is 0.679. The van der Waals surface area contributed by atoms with E-state index in [1.54, 1.807) is 12.1 Å². The standard InChI is InChI=1S/C18H16N4O3S/c1-24-14-8-7-10(9-13(14)23)16-19-12-6-4-3-5-11(12)15-17(25-16)20-18(26-2)22-21-15/h3-9,16,19,23H,1-2H3/t16-/m0/s1. The van der Waals surface area contributed by atoms with Gasteiger partial charge in [0.25, 0.3) is 0 Å². The Morgan fingerprint density at radius 3 is 2.81 bits per heavy atom. The van der Waals surface area contributed by atoms with Crippen molar-refractivity contribution in [1.82, 2.24) is 15.2 Å². The summed E-state index contributed by atoms with van der Waals surface area (Å²) in [5.74, 6) is 0.831. The molecule has 1 aliphatic heterocycles. The van der Waals surface area contributed by atoms with Gasteiger partial charge in [0.2, 0.25) is 11.0 Å². The summed E-state index contributed by atoms with van der Waals surface area (Å²) in [5.41, 5.74) is 3.01. The maximum atomic E-state index is 10.1. The molecular weight excluding hydrogens is 352 g/mol. The van der Waals surface area contributed by atoms with E-state index in [0.717, 1.165) is 16.8 Å². The van der Waals surface area contributed by atoms with E-state index in [9.17, 15) is 5.11 Å². The molecule has 8 heteroatoms. The van der Waals surface area contributed by atoms with E-state index in [-0.39, 0.29) is 5.75 Å². The van der Waals surface area contributed by atoms with Gasteiger partial charge in [-0.15, -0.1) is 10.2 Å². The summed E-state index contributed by atoms with van der Waals surface area (Å²) in [6.07, 6.45) is 1.33. The van der Waals surface area contributed by atoms with E-state index in [4.69, 9.17) is 9.47 Å². The van der Waals surface area contributed by atoms with Crippen LogP contribution >= 0.6 is 11.8 Å². The van der Waals surface area contributed by atoms with Crippen LogP contribution in [0.5, 0.6) is 17.4 Å². The number of hydrogen-bond acceptors (Lipinski definition) is 8. The fourth-order valence-electron chi connectivity index (χ4n) is 2.75. The van der Waals surface area contributed by atoms with Crippen molar-refractivity contribution in [1.29, 1.82) is 0 Å². The van der Waals surface area contributed by atoms with Crippen molar-refractivity contribution in [3.8, 4) is 28.6 Å². The molecule has 0 amide bonds. The topological polar surface area (TPSA) is 89.4 Å². The third-order valence-corrected chi connectivity index (χ3v) is 4.56. The van der Waals surface area contributed by atoms with Crippen LogP contribution in [0.4, 0.5) is 5.69 Å². The fraction of sp³-hybridized carbons (Fsp3) is 0.167. The minimum absolute atomic E-state index is 0.0405. The summed E-state index contributed by atoms with van der Waals surface area (Å²) in [7, 11) is 1.51. The molecule has 4 rings (SSSR count). The summed E-state index contributed by atoms with van der Waals surface area (Å²) in [5, 5.41) is 22.4. The van der Waals surface area contributed by atoms with Crippen LogP contribution in [0, 0.1) is 0 Å². The van der Waals surface area contributed by atoms with E-state index in [2.05, 4.69) is 20.5 Å². The lowest BCUT2D eigenvalue weighted by atomic mass is 10.1. The lowest BCUT2D eigenvalue weighted by Crippen LogP contribution is -2.17. The molecule has 1 atom stereocenters. The first kappa shape index (κ1) is 16.5. The molecule has 0 saturated carbocycles. The number of nitrogens with zero attached hydrogens (tertiary/aromatic N) is 3. The largest absolute Gasteiger partial charge is 0.504 e. The van der Waals surface area contributed by atoms with E-state index >= 15 is 0 Å². The number of nitrogens with one attached hydrogen (secondary N) is 1. The van der Waals surface area contributed by atoms with Gasteiger partial charge in [-0.3, -0.25) is 0 Å². The third kappa shape index (κ3) is 2.88. The molecule has 2 heterocycles. The molecule has 0 aliphatic carbocycles. The second kappa shape index (κ2) is 6.72. The minimum Gasteiger partial charge on any atom is -0.504 e. The number of phenolic OH excluding ortho intramolecular Hbond substituents is 1. The Morgan fingerprint density at radius 1 is 1.19 bits per heavy atom. The molecule has 0 spiro atoms. The van der Waals surface area contributed by atoms with Crippen LogP contribution in [0.25, 0.3) is 11.3 Å². The third-order valence-electron chi connectivity index (χ3n) is 4.02. The van der Waals surface area contributed by atoms with Crippen molar-refractivity contribution in [3.05, 3.63) is 48.0 Å². The number of rotatable bonds is 3. The summed E-state index contributed by atoms with van der Waals surface area (Å²) in [4.78, 5) is 4.46. The maximum absolute atomic E-state index is 10.1. The van der Waals surface area contributed by atoms with E-state index in [0.29, 0.717) is 22.5 Å². The number of benzene rings is 2. The summed E-state index contributed by atoms with van der Waals surface area (Å²) in [6, 6.07) is 12.9. The Bertz CT molecular complexity index is 967. The first-order valence-corrected chi connectivity index (χ1v) is 9.10. The molecule has 2 N–H and O–H groups in total. The van der Waals surface area contributed by atoms with Gasteiger partial charge in [0.15, 0.2) is 23.4 Å². The molecule has 7 nitrogen and oxygen atoms in total. The van der Waals surface area contributed by atoms with E-state index in [1.807, 2.05) is 36.6 Å². The first-order chi connectivity index (χ1) is 12.7. The predicted octanol–water partition coefficient (Wildman–Crippen LogP) is 3.48. The van der Waals surface area contributed by atoms with Gasteiger partial charge in [-0.1, -0.05) is 30.0 Å². The molecule has 3 aromatic rings. The molecule has 0 bridgehead atoms. The van der Waals surface area contributed by atoms with Gasteiger partial charge >= 0.3 is 0 Å². The van der Waals surface area contributed by atoms with Crippen molar-refractivity contribution in [2.24, 2.45) is 0 Å². The Balaban J connectivity index is 1.83. The number of aromatic nitrogens is 3. The van der Waals surface area contributed by atoms with Crippen LogP contribution < -0.4 is 14.8 Å². The molecule has 0 fully saturated rings. The number of phenols is 1. The van der Waals surface area contributed by atoms with Crippen molar-refractivity contribution >= 4 is 17.4 Å². The number of thioether (sulfide) groups is 1. The normalized spacial score (nSPS) is 15.1. The number of ether oxygens (including phenoxy) is 2. The Hall–Kier alpha value is -3.00. The summed E-state index contributed by atoms with van der Waals surface area (Å²) in [6.45, 7) is 0. The monoisotopic (exact) mass is 368 g/mol. The van der Waals surface area contributed by atoms with Gasteiger partial charge in [-0.05, 0) is 30.5 Å². The number of para-hydroxylation sites is 1. The molecule has 0 radical (unpaired) electrons. The second-order valence-electron chi connectivity index (χ2n) is 5.57. The average molecular weight is 368 g/mol. The molecule has 0 saturated heterocycles. The number of methoxy groups -OCH3 is 1. The van der Waals surface area contributed by atoms with Gasteiger partial charge in [-0.2, -0.15) is 4.98 Å². The smallest absolute Gasteiger partial charge is 0.247 e. The predicted molar refractivity (Wildman–Crippen MR) is 98.7 cm³/mol. The van der Waals surface area contributed by atoms with Crippen LogP contribution in [0.2, 0.25) is 0 Å². The lowest BCUT2D eigenvalue weighted by molar-refractivity contribution is 0.224. The lowest BCUT2D eigenvalue weighted by Gasteiger charge is -2.20. The van der Waals surface area contributed by atoms with Crippen molar-refractivity contribution in [2.75, 3.05) is 18.7 Å². The van der Waals surface area contributed by atoms with E-state index in [1.165, 1.54) is 18.9 Å². The highest BCUT2D eigenvalue weighted by atomic mass is 32.2. The molecule has 1 aliphatic rings. The fourth-order valence-corrected chi connectivity index (χ4v) is 3.05. The highest BCUT2D eigenvalue weighted by molar-refractivity contribution is 7.98. The molecule has 1 aromatic heterocycles. The molecular formula is C18H16N4O3S. The summed E-state index contributed by atoms with van der Waals surface area (Å²) < 4.78 is 11.2. The zero-order valence-electron chi connectivity index (χ0n) is 14.1. The Labute approximate surface area is 154 Å². The van der Waals surface area contributed by atoms with E-state index < -0.39 is 6.23 Å². The molecule has 2 aromatic carbocycles. The van der Waals surface area contributed by atoms with Gasteiger partial charge in [0.1, 0.15) is 0 Å². The zero-order valence-corrected chi connectivity index (χ0v) is 14.9. The van der Waals surface area contributed by atoms with Gasteiger partial charge in [-0.25, -0.2) is 0 Å². The Kier molecular flexibility index (Phi) is 4.26. The summed E-state index contributed by atoms with van der Waals surface area (Å²) >= 11 is 1.39. The molecule has 0 unspecified atom stereocenters. The van der Waals surface area contributed by atoms with Crippen molar-refractivity contribution in [2.45, 2.75) is 11.4 Å². The van der Waals surface area contributed by atoms with Crippen LogP contribution in [0.3, 0.4) is 0 Å². The van der Waals surface area contributed by atoms with Crippen LogP contribution in [0.15, 0.2) is 47.6 Å². The highest BCUT2D eigenvalue weighted by Crippen LogP contribution is 2.40. The number of fused-ring (bicyclic) bond motifs is 3. The van der Waals surface area contributed by atoms with Crippen molar-refractivity contribution in [3.63, 3.8) is 0 Å². The van der Waals surface area contributed by atoms with Crippen LogP contribution in [-0.4, -0.2) is 33.7 Å². The second-order valence-corrected chi connectivity index (χ2v) is 6.34. The van der Waals surface area contributed by atoms with Gasteiger partial charge in [0, 0.05) is 16.8 Å². The highest BCUT2D eigenvalue weighted by Gasteiger charge is 2.26. The number of hydrogen-bond donors (Lipinski definition) is 2.